The maximum Gasteiger partial charge on any atom is 0.240 e. The summed E-state index contributed by atoms with van der Waals surface area (Å²) in [5.74, 6) is 0.0895. The first-order valence-corrected chi connectivity index (χ1v) is 9.03. The van der Waals surface area contributed by atoms with Crippen LogP contribution in [0.4, 0.5) is 5.95 Å². The molecule has 0 aliphatic rings. The van der Waals surface area contributed by atoms with Gasteiger partial charge in [0.25, 0.3) is 0 Å². The molecular formula is C19H20ClN5O3. The quantitative estimate of drug-likeness (QED) is 0.425. The maximum absolute atomic E-state index is 11.9. The molecule has 146 valence electrons. The molecule has 3 aromatic rings. The van der Waals surface area contributed by atoms with Crippen LogP contribution in [0.5, 0.6) is 0 Å². The minimum atomic E-state index is -0.183. The predicted molar refractivity (Wildman–Crippen MR) is 106 cm³/mol. The van der Waals surface area contributed by atoms with Crippen molar-refractivity contribution in [3.05, 3.63) is 59.1 Å². The van der Waals surface area contributed by atoms with Crippen LogP contribution in [0.25, 0.3) is 11.0 Å². The van der Waals surface area contributed by atoms with E-state index in [2.05, 4.69) is 15.4 Å². The number of amides is 2. The van der Waals surface area contributed by atoms with Crippen LogP contribution in [0.3, 0.4) is 0 Å². The molecule has 3 rings (SSSR count). The van der Waals surface area contributed by atoms with Crippen LogP contribution in [0, 0.1) is 0 Å². The van der Waals surface area contributed by atoms with Crippen molar-refractivity contribution >= 4 is 40.9 Å². The van der Waals surface area contributed by atoms with Gasteiger partial charge in [-0.05, 0) is 23.8 Å². The SMILES string of the molecule is CC(=O)N(CCON(C=O)c1nc2ccccc2[nH]1)NCc1ccccc1Cl. The summed E-state index contributed by atoms with van der Waals surface area (Å²) in [6.07, 6.45) is 0.521. The van der Waals surface area contributed by atoms with Crippen LogP contribution in [-0.2, 0) is 21.0 Å². The number of nitrogens with one attached hydrogen (secondary N) is 2. The standard InChI is InChI=1S/C19H20ClN5O3/c1-14(27)24(21-12-15-6-2-3-7-16(15)20)10-11-28-25(13-26)19-22-17-8-4-5-9-18(17)23-19/h2-9,13,21H,10-12H2,1H3,(H,22,23). The molecular weight excluding hydrogens is 382 g/mol. The van der Waals surface area contributed by atoms with Gasteiger partial charge in [0.05, 0.1) is 24.2 Å². The molecule has 0 fully saturated rings. The van der Waals surface area contributed by atoms with Crippen molar-refractivity contribution in [1.29, 1.82) is 0 Å². The number of aromatic amines is 1. The number of hydrogen-bond acceptors (Lipinski definition) is 5. The molecule has 0 aliphatic carbocycles. The molecule has 1 aromatic heterocycles. The second-order valence-electron chi connectivity index (χ2n) is 5.94. The van der Waals surface area contributed by atoms with Crippen LogP contribution >= 0.6 is 11.6 Å². The Kier molecular flexibility index (Phi) is 6.59. The number of hydrazine groups is 1. The largest absolute Gasteiger partial charge is 0.322 e. The summed E-state index contributed by atoms with van der Waals surface area (Å²) < 4.78 is 0. The van der Waals surface area contributed by atoms with Crippen LogP contribution < -0.4 is 10.5 Å². The Morgan fingerprint density at radius 2 is 2.00 bits per heavy atom. The van der Waals surface area contributed by atoms with Crippen molar-refractivity contribution < 1.29 is 14.4 Å². The Labute approximate surface area is 167 Å². The van der Waals surface area contributed by atoms with Gasteiger partial charge < -0.3 is 4.98 Å². The minimum absolute atomic E-state index is 0.0882. The van der Waals surface area contributed by atoms with E-state index in [0.29, 0.717) is 18.0 Å². The van der Waals surface area contributed by atoms with Crippen LogP contribution in [0.15, 0.2) is 48.5 Å². The average Bonchev–Trinajstić information content (AvgIpc) is 3.12. The van der Waals surface area contributed by atoms with Gasteiger partial charge in [0.1, 0.15) is 0 Å². The molecule has 2 N–H and O–H groups in total. The molecule has 1 heterocycles. The molecule has 9 heteroatoms. The lowest BCUT2D eigenvalue weighted by molar-refractivity contribution is -0.133. The molecule has 28 heavy (non-hydrogen) atoms. The molecule has 0 saturated heterocycles. The van der Waals surface area contributed by atoms with E-state index in [1.165, 1.54) is 11.9 Å². The Hall–Kier alpha value is -2.94. The molecule has 0 atom stereocenters. The van der Waals surface area contributed by atoms with Crippen molar-refractivity contribution in [2.75, 3.05) is 18.2 Å². The summed E-state index contributed by atoms with van der Waals surface area (Å²) in [6, 6.07) is 14.8. The average molecular weight is 402 g/mol. The summed E-state index contributed by atoms with van der Waals surface area (Å²) in [7, 11) is 0. The Balaban J connectivity index is 1.56. The number of hydroxylamine groups is 1. The first kappa shape index (κ1) is 19.8. The highest BCUT2D eigenvalue weighted by atomic mass is 35.5. The third-order valence-corrected chi connectivity index (χ3v) is 4.39. The highest BCUT2D eigenvalue weighted by Crippen LogP contribution is 2.16. The molecule has 0 unspecified atom stereocenters. The number of H-pyrrole nitrogens is 1. The van der Waals surface area contributed by atoms with Gasteiger partial charge in [-0.3, -0.25) is 19.4 Å². The van der Waals surface area contributed by atoms with E-state index >= 15 is 0 Å². The zero-order valence-electron chi connectivity index (χ0n) is 15.3. The van der Waals surface area contributed by atoms with Crippen LogP contribution in [0.2, 0.25) is 5.02 Å². The molecule has 0 aliphatic heterocycles. The second-order valence-corrected chi connectivity index (χ2v) is 6.35. The van der Waals surface area contributed by atoms with Gasteiger partial charge in [-0.2, -0.15) is 5.06 Å². The highest BCUT2D eigenvalue weighted by Gasteiger charge is 2.14. The number of fused-ring (bicyclic) bond motifs is 1. The smallest absolute Gasteiger partial charge is 0.240 e. The lowest BCUT2D eigenvalue weighted by Crippen LogP contribution is -2.44. The molecule has 0 saturated carbocycles. The van der Waals surface area contributed by atoms with E-state index in [-0.39, 0.29) is 25.0 Å². The summed E-state index contributed by atoms with van der Waals surface area (Å²) in [6.45, 7) is 2.14. The Morgan fingerprint density at radius 1 is 1.25 bits per heavy atom. The number of carbonyl (C=O) groups excluding carboxylic acids is 2. The van der Waals surface area contributed by atoms with E-state index in [0.717, 1.165) is 21.7 Å². The van der Waals surface area contributed by atoms with Crippen molar-refractivity contribution in [3.8, 4) is 0 Å². The normalized spacial score (nSPS) is 10.8. The lowest BCUT2D eigenvalue weighted by Gasteiger charge is -2.23. The molecule has 0 radical (unpaired) electrons. The summed E-state index contributed by atoms with van der Waals surface area (Å²) in [5.41, 5.74) is 5.40. The van der Waals surface area contributed by atoms with Gasteiger partial charge in [0, 0.05) is 18.5 Å². The molecule has 2 aromatic carbocycles. The zero-order valence-corrected chi connectivity index (χ0v) is 16.0. The number of halogens is 1. The molecule has 2 amide bonds. The van der Waals surface area contributed by atoms with Crippen molar-refractivity contribution in [2.24, 2.45) is 0 Å². The van der Waals surface area contributed by atoms with Gasteiger partial charge in [-0.25, -0.2) is 10.4 Å². The second kappa shape index (κ2) is 9.32. The third kappa shape index (κ3) is 4.86. The topological polar surface area (TPSA) is 90.6 Å². The van der Waals surface area contributed by atoms with Gasteiger partial charge in [0.2, 0.25) is 18.3 Å². The Morgan fingerprint density at radius 3 is 2.71 bits per heavy atom. The number of aromatic nitrogens is 2. The number of anilines is 1. The fraction of sp³-hybridized carbons (Fsp3) is 0.211. The maximum atomic E-state index is 11.9. The number of hydrogen-bond donors (Lipinski definition) is 2. The number of nitrogens with zero attached hydrogens (tertiary/aromatic N) is 3. The van der Waals surface area contributed by atoms with Gasteiger partial charge >= 0.3 is 0 Å². The monoisotopic (exact) mass is 401 g/mol. The van der Waals surface area contributed by atoms with E-state index < -0.39 is 0 Å². The molecule has 0 bridgehead atoms. The first-order chi connectivity index (χ1) is 13.6. The summed E-state index contributed by atoms with van der Waals surface area (Å²) in [4.78, 5) is 36.0. The number of imidazole rings is 1. The van der Waals surface area contributed by atoms with E-state index in [4.69, 9.17) is 16.4 Å². The number of rotatable bonds is 9. The van der Waals surface area contributed by atoms with Crippen molar-refractivity contribution in [2.45, 2.75) is 13.5 Å². The fourth-order valence-electron chi connectivity index (χ4n) is 2.59. The number of carbonyl (C=O) groups is 2. The number of benzene rings is 2. The lowest BCUT2D eigenvalue weighted by atomic mass is 10.2. The number of para-hydroxylation sites is 2. The zero-order chi connectivity index (χ0) is 19.9. The molecule has 0 spiro atoms. The fourth-order valence-corrected chi connectivity index (χ4v) is 2.79. The third-order valence-electron chi connectivity index (χ3n) is 4.02. The first-order valence-electron chi connectivity index (χ1n) is 8.65. The van der Waals surface area contributed by atoms with Gasteiger partial charge in [-0.1, -0.05) is 41.9 Å². The van der Waals surface area contributed by atoms with Gasteiger partial charge in [0.15, 0.2) is 0 Å². The minimum Gasteiger partial charge on any atom is -0.322 e. The summed E-state index contributed by atoms with van der Waals surface area (Å²) in [5, 5.41) is 3.03. The van der Waals surface area contributed by atoms with E-state index in [1.807, 2.05) is 42.5 Å². The van der Waals surface area contributed by atoms with Crippen LogP contribution in [0.1, 0.15) is 12.5 Å². The Bertz CT molecular complexity index is 928. The predicted octanol–water partition coefficient (Wildman–Crippen LogP) is 2.66. The van der Waals surface area contributed by atoms with Crippen molar-refractivity contribution in [3.63, 3.8) is 0 Å². The highest BCUT2D eigenvalue weighted by molar-refractivity contribution is 6.31. The van der Waals surface area contributed by atoms with Crippen LogP contribution in [-0.4, -0.2) is 40.4 Å². The van der Waals surface area contributed by atoms with Crippen molar-refractivity contribution in [1.82, 2.24) is 20.4 Å². The summed E-state index contributed by atoms with van der Waals surface area (Å²) >= 11 is 6.13. The van der Waals surface area contributed by atoms with E-state index in [1.54, 1.807) is 6.07 Å². The van der Waals surface area contributed by atoms with Gasteiger partial charge in [-0.15, -0.1) is 0 Å². The molecule has 8 nitrogen and oxygen atoms in total. The van der Waals surface area contributed by atoms with E-state index in [9.17, 15) is 9.59 Å².